The Hall–Kier alpha value is -1.31. The number of carbonyl (C=O) groups is 1. The van der Waals surface area contributed by atoms with Crippen molar-refractivity contribution in [1.82, 2.24) is 5.32 Å². The summed E-state index contributed by atoms with van der Waals surface area (Å²) in [5, 5.41) is 3.20. The predicted octanol–water partition coefficient (Wildman–Crippen LogP) is 4.02. The summed E-state index contributed by atoms with van der Waals surface area (Å²) in [5.74, 6) is 0.458. The number of hydrogen-bond donors (Lipinski definition) is 1. The molecular formula is C16H25NO. The van der Waals surface area contributed by atoms with Crippen LogP contribution in [0.25, 0.3) is 0 Å². The summed E-state index contributed by atoms with van der Waals surface area (Å²) in [6, 6.07) is 9.43. The van der Waals surface area contributed by atoms with Gasteiger partial charge in [0.1, 0.15) is 0 Å². The summed E-state index contributed by atoms with van der Waals surface area (Å²) in [7, 11) is 0. The monoisotopic (exact) mass is 247 g/mol. The lowest BCUT2D eigenvalue weighted by molar-refractivity contribution is 0.0868. The molecule has 0 aliphatic carbocycles. The van der Waals surface area contributed by atoms with E-state index in [-0.39, 0.29) is 11.4 Å². The first-order chi connectivity index (χ1) is 8.49. The molecule has 0 heterocycles. The van der Waals surface area contributed by atoms with Crippen LogP contribution in [-0.2, 0) is 0 Å². The van der Waals surface area contributed by atoms with Gasteiger partial charge in [-0.1, -0.05) is 51.8 Å². The standard InChI is InChI=1S/C16H25NO/c1-5-6-12-16(4,13(2)3)17-15(18)14-10-8-7-9-11-14/h7-11,13H,5-6,12H2,1-4H3,(H,17,18)/t16-/m0/s1. The van der Waals surface area contributed by atoms with Crippen molar-refractivity contribution >= 4 is 5.91 Å². The van der Waals surface area contributed by atoms with E-state index in [9.17, 15) is 4.79 Å². The molecule has 0 aliphatic rings. The average Bonchev–Trinajstić information content (AvgIpc) is 2.37. The molecule has 1 amide bonds. The average molecular weight is 247 g/mol. The van der Waals surface area contributed by atoms with E-state index in [1.54, 1.807) is 0 Å². The Morgan fingerprint density at radius 3 is 2.39 bits per heavy atom. The minimum atomic E-state index is -0.122. The van der Waals surface area contributed by atoms with Crippen molar-refractivity contribution in [3.63, 3.8) is 0 Å². The summed E-state index contributed by atoms with van der Waals surface area (Å²) in [6.07, 6.45) is 3.33. The Bertz CT molecular complexity index is 372. The van der Waals surface area contributed by atoms with Crippen LogP contribution >= 0.6 is 0 Å². The van der Waals surface area contributed by atoms with Crippen LogP contribution in [0.1, 0.15) is 57.3 Å². The largest absolute Gasteiger partial charge is 0.347 e. The molecule has 0 bridgehead atoms. The second-order valence-electron chi connectivity index (χ2n) is 5.50. The van der Waals surface area contributed by atoms with Gasteiger partial charge in [-0.3, -0.25) is 4.79 Å². The highest BCUT2D eigenvalue weighted by molar-refractivity contribution is 5.94. The first-order valence-electron chi connectivity index (χ1n) is 6.87. The zero-order chi connectivity index (χ0) is 13.6. The van der Waals surface area contributed by atoms with Crippen LogP contribution in [0.3, 0.4) is 0 Å². The third-order valence-corrected chi connectivity index (χ3v) is 3.76. The minimum Gasteiger partial charge on any atom is -0.347 e. The van der Waals surface area contributed by atoms with Gasteiger partial charge < -0.3 is 5.32 Å². The van der Waals surface area contributed by atoms with Crippen molar-refractivity contribution in [1.29, 1.82) is 0 Å². The van der Waals surface area contributed by atoms with E-state index in [4.69, 9.17) is 0 Å². The van der Waals surface area contributed by atoms with Gasteiger partial charge in [-0.25, -0.2) is 0 Å². The van der Waals surface area contributed by atoms with Crippen molar-refractivity contribution < 1.29 is 4.79 Å². The lowest BCUT2D eigenvalue weighted by atomic mass is 9.83. The highest BCUT2D eigenvalue weighted by Crippen LogP contribution is 2.23. The Morgan fingerprint density at radius 2 is 1.89 bits per heavy atom. The van der Waals surface area contributed by atoms with Crippen molar-refractivity contribution in [2.75, 3.05) is 0 Å². The third-order valence-electron chi connectivity index (χ3n) is 3.76. The first-order valence-corrected chi connectivity index (χ1v) is 6.87. The summed E-state index contributed by atoms with van der Waals surface area (Å²) in [4.78, 5) is 12.2. The van der Waals surface area contributed by atoms with Gasteiger partial charge in [-0.15, -0.1) is 0 Å². The molecule has 1 aromatic carbocycles. The van der Waals surface area contributed by atoms with Gasteiger partial charge in [0, 0.05) is 11.1 Å². The number of rotatable bonds is 6. The molecule has 0 saturated heterocycles. The second-order valence-corrected chi connectivity index (χ2v) is 5.50. The molecule has 1 N–H and O–H groups in total. The van der Waals surface area contributed by atoms with Crippen LogP contribution < -0.4 is 5.32 Å². The summed E-state index contributed by atoms with van der Waals surface area (Å²) >= 11 is 0. The van der Waals surface area contributed by atoms with Gasteiger partial charge >= 0.3 is 0 Å². The summed E-state index contributed by atoms with van der Waals surface area (Å²) < 4.78 is 0. The fourth-order valence-corrected chi connectivity index (χ4v) is 1.96. The number of unbranched alkanes of at least 4 members (excludes halogenated alkanes) is 1. The molecule has 18 heavy (non-hydrogen) atoms. The summed E-state index contributed by atoms with van der Waals surface area (Å²) in [5.41, 5.74) is 0.615. The molecule has 1 atom stereocenters. The molecule has 1 rings (SSSR count). The van der Waals surface area contributed by atoms with Crippen LogP contribution in [0.5, 0.6) is 0 Å². The Labute approximate surface area is 111 Å². The molecule has 0 unspecified atom stereocenters. The van der Waals surface area contributed by atoms with E-state index in [0.717, 1.165) is 24.8 Å². The minimum absolute atomic E-state index is 0.0305. The van der Waals surface area contributed by atoms with E-state index in [1.165, 1.54) is 0 Å². The van der Waals surface area contributed by atoms with Gasteiger partial charge in [0.05, 0.1) is 0 Å². The Morgan fingerprint density at radius 1 is 1.28 bits per heavy atom. The van der Waals surface area contributed by atoms with Gasteiger partial charge in [0.15, 0.2) is 0 Å². The van der Waals surface area contributed by atoms with Crippen molar-refractivity contribution in [2.24, 2.45) is 5.92 Å². The SMILES string of the molecule is CCCC[C@](C)(NC(=O)c1ccccc1)C(C)C. The topological polar surface area (TPSA) is 29.1 Å². The number of hydrogen-bond acceptors (Lipinski definition) is 1. The summed E-state index contributed by atoms with van der Waals surface area (Å²) in [6.45, 7) is 8.66. The quantitative estimate of drug-likeness (QED) is 0.808. The van der Waals surface area contributed by atoms with Crippen LogP contribution in [0.4, 0.5) is 0 Å². The smallest absolute Gasteiger partial charge is 0.251 e. The van der Waals surface area contributed by atoms with Crippen molar-refractivity contribution in [3.8, 4) is 0 Å². The maximum atomic E-state index is 12.2. The molecule has 0 spiro atoms. The van der Waals surface area contributed by atoms with E-state index in [0.29, 0.717) is 5.92 Å². The second kappa shape index (κ2) is 6.58. The number of amides is 1. The molecule has 0 radical (unpaired) electrons. The molecule has 0 saturated carbocycles. The molecule has 2 nitrogen and oxygen atoms in total. The highest BCUT2D eigenvalue weighted by Gasteiger charge is 2.29. The maximum absolute atomic E-state index is 12.2. The number of benzene rings is 1. The van der Waals surface area contributed by atoms with Crippen LogP contribution in [-0.4, -0.2) is 11.4 Å². The van der Waals surface area contributed by atoms with Crippen molar-refractivity contribution in [2.45, 2.75) is 52.5 Å². The first kappa shape index (κ1) is 14.7. The van der Waals surface area contributed by atoms with Gasteiger partial charge in [-0.2, -0.15) is 0 Å². The zero-order valence-electron chi connectivity index (χ0n) is 12.0. The molecule has 1 aromatic rings. The van der Waals surface area contributed by atoms with Gasteiger partial charge in [0.2, 0.25) is 0 Å². The van der Waals surface area contributed by atoms with Crippen molar-refractivity contribution in [3.05, 3.63) is 35.9 Å². The van der Waals surface area contributed by atoms with Crippen LogP contribution in [0.2, 0.25) is 0 Å². The molecule has 0 fully saturated rings. The third kappa shape index (κ3) is 3.86. The lowest BCUT2D eigenvalue weighted by Gasteiger charge is -2.35. The Kier molecular flexibility index (Phi) is 5.39. The fraction of sp³-hybridized carbons (Fsp3) is 0.562. The predicted molar refractivity (Wildman–Crippen MR) is 76.7 cm³/mol. The van der Waals surface area contributed by atoms with E-state index in [2.05, 4.69) is 33.0 Å². The molecule has 0 aliphatic heterocycles. The van der Waals surface area contributed by atoms with E-state index >= 15 is 0 Å². The fourth-order valence-electron chi connectivity index (χ4n) is 1.96. The highest BCUT2D eigenvalue weighted by atomic mass is 16.1. The lowest BCUT2D eigenvalue weighted by Crippen LogP contribution is -2.49. The van der Waals surface area contributed by atoms with Crippen LogP contribution in [0, 0.1) is 5.92 Å². The molecular weight excluding hydrogens is 222 g/mol. The molecule has 2 heteroatoms. The normalized spacial score (nSPS) is 14.3. The molecule has 0 aromatic heterocycles. The maximum Gasteiger partial charge on any atom is 0.251 e. The number of nitrogens with one attached hydrogen (secondary N) is 1. The van der Waals surface area contributed by atoms with Gasteiger partial charge in [-0.05, 0) is 31.4 Å². The Balaban J connectivity index is 2.75. The van der Waals surface area contributed by atoms with Gasteiger partial charge in [0.25, 0.3) is 5.91 Å². The van der Waals surface area contributed by atoms with E-state index in [1.807, 2.05) is 30.3 Å². The molecule has 100 valence electrons. The van der Waals surface area contributed by atoms with E-state index < -0.39 is 0 Å². The number of carbonyl (C=O) groups excluding carboxylic acids is 1. The zero-order valence-corrected chi connectivity index (χ0v) is 12.0. The van der Waals surface area contributed by atoms with Crippen LogP contribution in [0.15, 0.2) is 30.3 Å².